The minimum atomic E-state index is -0.824. The summed E-state index contributed by atoms with van der Waals surface area (Å²) < 4.78 is 23.3. The van der Waals surface area contributed by atoms with Crippen molar-refractivity contribution in [1.29, 1.82) is 0 Å². The van der Waals surface area contributed by atoms with Crippen LogP contribution in [-0.4, -0.2) is 75.3 Å². The first-order valence-corrected chi connectivity index (χ1v) is 15.3. The first-order valence-electron chi connectivity index (χ1n) is 15.3. The van der Waals surface area contributed by atoms with Crippen molar-refractivity contribution in [3.63, 3.8) is 0 Å². The number of unbranched alkanes of at least 4 members (excludes halogenated alkanes) is 2. The minimum Gasteiger partial charge on any atom is -0.872 e. The van der Waals surface area contributed by atoms with E-state index >= 15 is 0 Å². The van der Waals surface area contributed by atoms with Crippen LogP contribution in [-0.2, 0) is 20.7 Å². The van der Waals surface area contributed by atoms with Crippen LogP contribution in [0, 0.1) is 0 Å². The van der Waals surface area contributed by atoms with Crippen LogP contribution in [0.3, 0.4) is 0 Å². The van der Waals surface area contributed by atoms with Crippen LogP contribution in [0.25, 0.3) is 5.76 Å². The molecule has 5 rings (SSSR count). The van der Waals surface area contributed by atoms with Gasteiger partial charge in [-0.05, 0) is 61.2 Å². The molecule has 0 aromatic heterocycles. The smallest absolute Gasteiger partial charge is 0.295 e. The summed E-state index contributed by atoms with van der Waals surface area (Å²) in [6.45, 7) is 11.0. The summed E-state index contributed by atoms with van der Waals surface area (Å²) in [5.41, 5.74) is 1.94. The molecule has 9 heteroatoms. The lowest BCUT2D eigenvalue weighted by molar-refractivity contribution is -0.907. The van der Waals surface area contributed by atoms with Crippen LogP contribution >= 0.6 is 0 Å². The van der Waals surface area contributed by atoms with Crippen LogP contribution in [0.2, 0.25) is 0 Å². The molecule has 2 atom stereocenters. The number of hydrogen-bond acceptors (Lipinski definition) is 7. The summed E-state index contributed by atoms with van der Waals surface area (Å²) in [6.07, 6.45) is 3.81. The van der Waals surface area contributed by atoms with Gasteiger partial charge in [0.1, 0.15) is 24.9 Å². The topological polar surface area (TPSA) is 102 Å². The molecule has 3 aliphatic heterocycles. The van der Waals surface area contributed by atoms with Gasteiger partial charge < -0.3 is 33.9 Å². The fraction of sp³-hybridized carbons (Fsp3) is 0.515. The summed E-state index contributed by atoms with van der Waals surface area (Å²) >= 11 is 0. The lowest BCUT2D eigenvalue weighted by Gasteiger charge is -2.30. The number of ether oxygens (including phenoxy) is 4. The van der Waals surface area contributed by atoms with Gasteiger partial charge >= 0.3 is 0 Å². The van der Waals surface area contributed by atoms with Gasteiger partial charge in [0.2, 0.25) is 5.78 Å². The normalized spacial score (nSPS) is 21.8. The number of amides is 1. The third-order valence-electron chi connectivity index (χ3n) is 8.18. The molecule has 3 aliphatic rings. The molecule has 0 spiro atoms. The number of carbonyl (C=O) groups is 2. The van der Waals surface area contributed by atoms with E-state index in [0.29, 0.717) is 68.6 Å². The Morgan fingerprint density at radius 2 is 1.86 bits per heavy atom. The van der Waals surface area contributed by atoms with Gasteiger partial charge in [-0.25, -0.2) is 0 Å². The molecule has 0 aliphatic carbocycles. The van der Waals surface area contributed by atoms with Crippen LogP contribution < -0.4 is 24.2 Å². The van der Waals surface area contributed by atoms with Crippen molar-refractivity contribution in [2.24, 2.45) is 0 Å². The van der Waals surface area contributed by atoms with Crippen molar-refractivity contribution >= 4 is 17.4 Å². The van der Waals surface area contributed by atoms with Gasteiger partial charge in [0.15, 0.2) is 11.5 Å². The fourth-order valence-corrected chi connectivity index (χ4v) is 5.97. The first kappa shape index (κ1) is 29.9. The van der Waals surface area contributed by atoms with E-state index in [1.54, 1.807) is 23.1 Å². The van der Waals surface area contributed by atoms with Gasteiger partial charge in [-0.15, -0.1) is 0 Å². The monoisotopic (exact) mass is 578 g/mol. The molecule has 2 fully saturated rings. The molecule has 2 aromatic carbocycles. The third kappa shape index (κ3) is 6.42. The average molecular weight is 579 g/mol. The molecular weight excluding hydrogens is 536 g/mol. The standard InChI is InChI=1S/C33H42N2O7/c1-4-6-7-16-41-27-11-8-23(21-28(27)40-5-2)30-29(31(36)24-9-10-26-25(20-24)19-22(3)42-26)32(37)33(38)35(30)13-12-34-14-17-39-18-15-34/h8-11,20-22,30,36H,4-7,12-19H2,1-3H3/b31-29+. The number of likely N-dealkylation sites (tertiary alicyclic amines) is 1. The van der Waals surface area contributed by atoms with Gasteiger partial charge in [0.05, 0.1) is 45.6 Å². The van der Waals surface area contributed by atoms with Crippen LogP contribution in [0.4, 0.5) is 0 Å². The Bertz CT molecular complexity index is 1320. The SMILES string of the molecule is CCCCCOc1ccc(C2/C(=C(\[O-])c3ccc4c(c3)CC(C)O4)C(=O)C(=O)N2CC[NH+]2CCOCC2)cc1OCC. The van der Waals surface area contributed by atoms with E-state index in [1.165, 1.54) is 4.90 Å². The number of hydrogen-bond donors (Lipinski definition) is 1. The molecule has 226 valence electrons. The second-order valence-corrected chi connectivity index (χ2v) is 11.2. The van der Waals surface area contributed by atoms with Crippen molar-refractivity contribution in [2.75, 3.05) is 52.6 Å². The highest BCUT2D eigenvalue weighted by Crippen LogP contribution is 2.42. The Balaban J connectivity index is 1.53. The first-order chi connectivity index (χ1) is 20.4. The Hall–Kier alpha value is -3.56. The van der Waals surface area contributed by atoms with E-state index in [2.05, 4.69) is 6.92 Å². The lowest BCUT2D eigenvalue weighted by Crippen LogP contribution is -3.14. The summed E-state index contributed by atoms with van der Waals surface area (Å²) in [5, 5.41) is 14.0. The van der Waals surface area contributed by atoms with E-state index < -0.39 is 23.5 Å². The number of nitrogens with zero attached hydrogens (tertiary/aromatic N) is 1. The van der Waals surface area contributed by atoms with Crippen LogP contribution in [0.1, 0.15) is 62.8 Å². The average Bonchev–Trinajstić information content (AvgIpc) is 3.50. The van der Waals surface area contributed by atoms with Crippen molar-refractivity contribution in [3.05, 3.63) is 58.7 Å². The van der Waals surface area contributed by atoms with Gasteiger partial charge in [0, 0.05) is 12.0 Å². The largest absolute Gasteiger partial charge is 0.872 e. The maximum atomic E-state index is 14.0. The van der Waals surface area contributed by atoms with Crippen LogP contribution in [0.5, 0.6) is 17.2 Å². The highest BCUT2D eigenvalue weighted by atomic mass is 16.5. The molecule has 0 saturated carbocycles. The highest BCUT2D eigenvalue weighted by Gasteiger charge is 2.45. The van der Waals surface area contributed by atoms with Gasteiger partial charge in [-0.1, -0.05) is 37.7 Å². The third-order valence-corrected chi connectivity index (χ3v) is 8.18. The van der Waals surface area contributed by atoms with Crippen molar-refractivity contribution in [2.45, 2.75) is 58.6 Å². The number of morpholine rings is 1. The Kier molecular flexibility index (Phi) is 9.69. The van der Waals surface area contributed by atoms with E-state index in [4.69, 9.17) is 18.9 Å². The zero-order valence-electron chi connectivity index (χ0n) is 24.9. The number of benzene rings is 2. The van der Waals surface area contributed by atoms with E-state index in [9.17, 15) is 14.7 Å². The number of Topliss-reactive ketones (excluding diaryl/α,β-unsaturated/α-hetero) is 1. The number of rotatable bonds is 12. The quantitative estimate of drug-likeness (QED) is 0.178. The molecule has 3 heterocycles. The van der Waals surface area contributed by atoms with E-state index in [1.807, 2.05) is 32.0 Å². The summed E-state index contributed by atoms with van der Waals surface area (Å²) in [5.74, 6) is 0.0712. The van der Waals surface area contributed by atoms with Crippen LogP contribution in [0.15, 0.2) is 42.0 Å². The Labute approximate surface area is 248 Å². The Morgan fingerprint density at radius 1 is 1.05 bits per heavy atom. The number of quaternary nitrogens is 1. The molecule has 1 N–H and O–H groups in total. The zero-order valence-corrected chi connectivity index (χ0v) is 24.9. The molecule has 0 bridgehead atoms. The van der Waals surface area contributed by atoms with Crippen molar-refractivity contribution in [1.82, 2.24) is 4.90 Å². The number of nitrogens with one attached hydrogen (secondary N) is 1. The summed E-state index contributed by atoms with van der Waals surface area (Å²) in [4.78, 5) is 30.0. The number of fused-ring (bicyclic) bond motifs is 1. The Morgan fingerprint density at radius 3 is 2.62 bits per heavy atom. The second-order valence-electron chi connectivity index (χ2n) is 11.2. The fourth-order valence-electron chi connectivity index (χ4n) is 5.97. The summed E-state index contributed by atoms with van der Waals surface area (Å²) in [7, 11) is 0. The highest BCUT2D eigenvalue weighted by molar-refractivity contribution is 6.46. The lowest BCUT2D eigenvalue weighted by atomic mass is 9.94. The summed E-state index contributed by atoms with van der Waals surface area (Å²) in [6, 6.07) is 9.91. The second kappa shape index (κ2) is 13.6. The molecule has 2 unspecified atom stereocenters. The molecule has 9 nitrogen and oxygen atoms in total. The predicted octanol–water partition coefficient (Wildman–Crippen LogP) is 2.12. The zero-order chi connectivity index (χ0) is 29.6. The van der Waals surface area contributed by atoms with Gasteiger partial charge in [-0.3, -0.25) is 9.59 Å². The van der Waals surface area contributed by atoms with Gasteiger partial charge in [0.25, 0.3) is 5.91 Å². The number of ketones is 1. The maximum absolute atomic E-state index is 14.0. The predicted molar refractivity (Wildman–Crippen MR) is 156 cm³/mol. The molecule has 1 amide bonds. The molecule has 2 aromatic rings. The van der Waals surface area contributed by atoms with E-state index in [-0.39, 0.29) is 11.7 Å². The number of carbonyl (C=O) groups excluding carboxylic acids is 2. The molecule has 2 saturated heterocycles. The molecule has 42 heavy (non-hydrogen) atoms. The van der Waals surface area contributed by atoms with E-state index in [0.717, 1.165) is 43.7 Å². The minimum absolute atomic E-state index is 0.0250. The maximum Gasteiger partial charge on any atom is 0.295 e. The molecular formula is C33H42N2O7. The van der Waals surface area contributed by atoms with Crippen molar-refractivity contribution in [3.8, 4) is 17.2 Å². The van der Waals surface area contributed by atoms with Gasteiger partial charge in [-0.2, -0.15) is 0 Å². The molecule has 0 radical (unpaired) electrons. The van der Waals surface area contributed by atoms with Crippen molar-refractivity contribution < 1.29 is 38.5 Å².